The molecule has 2 heterocycles. The zero-order valence-electron chi connectivity index (χ0n) is 11.7. The van der Waals surface area contributed by atoms with E-state index in [2.05, 4.69) is 20.5 Å². The van der Waals surface area contributed by atoms with E-state index in [1.54, 1.807) is 6.07 Å². The fourth-order valence-corrected chi connectivity index (χ4v) is 2.23. The number of pyridine rings is 1. The summed E-state index contributed by atoms with van der Waals surface area (Å²) >= 11 is 0. The molecule has 2 rings (SSSR count). The van der Waals surface area contributed by atoms with E-state index in [9.17, 15) is 10.1 Å². The van der Waals surface area contributed by atoms with Gasteiger partial charge in [-0.05, 0) is 19.0 Å². The number of anilines is 1. The molecular weight excluding hydrogens is 272 g/mol. The van der Waals surface area contributed by atoms with Crippen molar-refractivity contribution in [1.29, 1.82) is 5.26 Å². The highest BCUT2D eigenvalue weighted by Gasteiger charge is 2.15. The van der Waals surface area contributed by atoms with Gasteiger partial charge in [-0.1, -0.05) is 0 Å². The Labute approximate surface area is 122 Å². The summed E-state index contributed by atoms with van der Waals surface area (Å²) in [6.07, 6.45) is 0.959. The molecule has 0 saturated carbocycles. The molecule has 112 valence electrons. The number of nitrogens with zero attached hydrogens (tertiary/aromatic N) is 4. The molecule has 0 bridgehead atoms. The minimum Gasteiger partial charge on any atom is -0.370 e. The lowest BCUT2D eigenvalue weighted by Crippen LogP contribution is -2.44. The monoisotopic (exact) mass is 290 g/mol. The molecule has 21 heavy (non-hydrogen) atoms. The summed E-state index contributed by atoms with van der Waals surface area (Å²) in [5, 5.41) is 26.0. The van der Waals surface area contributed by atoms with Gasteiger partial charge in [0.2, 0.25) is 5.69 Å². The lowest BCUT2D eigenvalue weighted by Gasteiger charge is -2.27. The van der Waals surface area contributed by atoms with Gasteiger partial charge in [0.05, 0.1) is 4.92 Å². The van der Waals surface area contributed by atoms with Gasteiger partial charge in [-0.3, -0.25) is 10.1 Å². The highest BCUT2D eigenvalue weighted by molar-refractivity contribution is 5.50. The lowest BCUT2D eigenvalue weighted by molar-refractivity contribution is -0.385. The quantitative estimate of drug-likeness (QED) is 0.448. The molecule has 8 heteroatoms. The van der Waals surface area contributed by atoms with Gasteiger partial charge in [-0.2, -0.15) is 5.26 Å². The topological polar surface area (TPSA) is 107 Å². The second-order valence-corrected chi connectivity index (χ2v) is 4.81. The van der Waals surface area contributed by atoms with Gasteiger partial charge in [0.1, 0.15) is 11.9 Å². The Morgan fingerprint density at radius 3 is 2.90 bits per heavy atom. The Balaban J connectivity index is 1.80. The van der Waals surface area contributed by atoms with Crippen molar-refractivity contribution in [2.75, 3.05) is 44.6 Å². The number of hydrogen-bond donors (Lipinski definition) is 2. The zero-order valence-corrected chi connectivity index (χ0v) is 11.7. The zero-order chi connectivity index (χ0) is 15.1. The van der Waals surface area contributed by atoms with Crippen LogP contribution in [-0.2, 0) is 0 Å². The van der Waals surface area contributed by atoms with Gasteiger partial charge in [0, 0.05) is 38.8 Å². The standard InChI is InChI=1S/C13H18N6O2/c14-10-11-12(19(20)21)2-3-13(17-11)16-4-1-7-18-8-5-15-6-9-18/h2-3,15H,1,4-9H2,(H,16,17). The number of rotatable bonds is 6. The van der Waals surface area contributed by atoms with Crippen molar-refractivity contribution in [2.24, 2.45) is 0 Å². The highest BCUT2D eigenvalue weighted by Crippen LogP contribution is 2.17. The molecule has 0 atom stereocenters. The van der Waals surface area contributed by atoms with Crippen molar-refractivity contribution in [2.45, 2.75) is 6.42 Å². The molecule has 1 fully saturated rings. The molecule has 0 spiro atoms. The normalized spacial score (nSPS) is 15.4. The Morgan fingerprint density at radius 2 is 2.24 bits per heavy atom. The second-order valence-electron chi connectivity index (χ2n) is 4.81. The van der Waals surface area contributed by atoms with E-state index in [1.807, 2.05) is 0 Å². The van der Waals surface area contributed by atoms with Crippen molar-refractivity contribution in [3.05, 3.63) is 27.9 Å². The van der Waals surface area contributed by atoms with Gasteiger partial charge < -0.3 is 15.5 Å². The maximum atomic E-state index is 10.7. The van der Waals surface area contributed by atoms with E-state index in [0.29, 0.717) is 5.82 Å². The third-order valence-electron chi connectivity index (χ3n) is 3.34. The van der Waals surface area contributed by atoms with Crippen LogP contribution in [0.4, 0.5) is 11.5 Å². The molecule has 0 aromatic carbocycles. The predicted molar refractivity (Wildman–Crippen MR) is 78.0 cm³/mol. The number of hydrogen-bond acceptors (Lipinski definition) is 7. The van der Waals surface area contributed by atoms with Crippen LogP contribution < -0.4 is 10.6 Å². The van der Waals surface area contributed by atoms with Crippen LogP contribution in [0.3, 0.4) is 0 Å². The maximum Gasteiger partial charge on any atom is 0.305 e. The average molecular weight is 290 g/mol. The lowest BCUT2D eigenvalue weighted by atomic mass is 10.3. The van der Waals surface area contributed by atoms with Crippen molar-refractivity contribution in [3.8, 4) is 6.07 Å². The fourth-order valence-electron chi connectivity index (χ4n) is 2.23. The van der Waals surface area contributed by atoms with Gasteiger partial charge in [0.25, 0.3) is 0 Å². The van der Waals surface area contributed by atoms with Crippen molar-refractivity contribution in [1.82, 2.24) is 15.2 Å². The summed E-state index contributed by atoms with van der Waals surface area (Å²) in [7, 11) is 0. The molecule has 1 aromatic rings. The highest BCUT2D eigenvalue weighted by atomic mass is 16.6. The third-order valence-corrected chi connectivity index (χ3v) is 3.34. The summed E-state index contributed by atoms with van der Waals surface area (Å²) in [6, 6.07) is 4.59. The smallest absolute Gasteiger partial charge is 0.305 e. The summed E-state index contributed by atoms with van der Waals surface area (Å²) in [6.45, 7) is 5.92. The van der Waals surface area contributed by atoms with Crippen LogP contribution >= 0.6 is 0 Å². The van der Waals surface area contributed by atoms with E-state index in [-0.39, 0.29) is 11.4 Å². The van der Waals surface area contributed by atoms with Gasteiger partial charge in [0.15, 0.2) is 0 Å². The first-order valence-electron chi connectivity index (χ1n) is 6.93. The minimum absolute atomic E-state index is 0.160. The maximum absolute atomic E-state index is 10.7. The number of nitrogens with one attached hydrogen (secondary N) is 2. The molecule has 1 aromatic heterocycles. The van der Waals surface area contributed by atoms with E-state index in [0.717, 1.165) is 45.7 Å². The SMILES string of the molecule is N#Cc1nc(NCCCN2CCNCC2)ccc1[N+](=O)[O-]. The average Bonchev–Trinajstić information content (AvgIpc) is 2.52. The number of nitro groups is 1. The fraction of sp³-hybridized carbons (Fsp3) is 0.538. The summed E-state index contributed by atoms with van der Waals surface area (Å²) in [4.78, 5) is 16.5. The van der Waals surface area contributed by atoms with E-state index in [1.165, 1.54) is 12.1 Å². The second kappa shape index (κ2) is 7.52. The van der Waals surface area contributed by atoms with E-state index in [4.69, 9.17) is 5.26 Å². The van der Waals surface area contributed by atoms with E-state index < -0.39 is 4.92 Å². The van der Waals surface area contributed by atoms with Gasteiger partial charge in [-0.15, -0.1) is 0 Å². The number of nitriles is 1. The first-order valence-corrected chi connectivity index (χ1v) is 6.93. The van der Waals surface area contributed by atoms with Gasteiger partial charge >= 0.3 is 5.69 Å². The number of piperazine rings is 1. The first kappa shape index (κ1) is 15.2. The van der Waals surface area contributed by atoms with Crippen LogP contribution in [0.5, 0.6) is 0 Å². The van der Waals surface area contributed by atoms with Crippen molar-refractivity contribution in [3.63, 3.8) is 0 Å². The van der Waals surface area contributed by atoms with Crippen LogP contribution in [0.25, 0.3) is 0 Å². The van der Waals surface area contributed by atoms with Crippen LogP contribution in [0.2, 0.25) is 0 Å². The molecule has 0 aliphatic carbocycles. The molecule has 1 saturated heterocycles. The molecule has 8 nitrogen and oxygen atoms in total. The largest absolute Gasteiger partial charge is 0.370 e. The Hall–Kier alpha value is -2.24. The van der Waals surface area contributed by atoms with Crippen LogP contribution in [-0.4, -0.2) is 54.1 Å². The molecule has 0 radical (unpaired) electrons. The third kappa shape index (κ3) is 4.37. The van der Waals surface area contributed by atoms with Crippen LogP contribution in [0.15, 0.2) is 12.1 Å². The van der Waals surface area contributed by atoms with Crippen LogP contribution in [0, 0.1) is 21.4 Å². The predicted octanol–water partition coefficient (Wildman–Crippen LogP) is 0.569. The first-order chi connectivity index (χ1) is 10.2. The molecule has 1 aliphatic rings. The number of aromatic nitrogens is 1. The van der Waals surface area contributed by atoms with Crippen molar-refractivity contribution >= 4 is 11.5 Å². The van der Waals surface area contributed by atoms with Gasteiger partial charge in [-0.25, -0.2) is 4.98 Å². The Bertz CT molecular complexity index is 536. The molecule has 0 unspecified atom stereocenters. The summed E-state index contributed by atoms with van der Waals surface area (Å²) < 4.78 is 0. The summed E-state index contributed by atoms with van der Waals surface area (Å²) in [5.41, 5.74) is -0.420. The molecule has 2 N–H and O–H groups in total. The van der Waals surface area contributed by atoms with E-state index >= 15 is 0 Å². The minimum atomic E-state index is -0.597. The molecular formula is C13H18N6O2. The molecule has 1 aliphatic heterocycles. The van der Waals surface area contributed by atoms with Crippen LogP contribution in [0.1, 0.15) is 12.1 Å². The molecule has 0 amide bonds. The Morgan fingerprint density at radius 1 is 1.48 bits per heavy atom. The Kier molecular flexibility index (Phi) is 5.43. The van der Waals surface area contributed by atoms with Crippen molar-refractivity contribution < 1.29 is 4.92 Å². The summed E-state index contributed by atoms with van der Waals surface area (Å²) in [5.74, 6) is 0.498.